The van der Waals surface area contributed by atoms with Gasteiger partial charge in [-0.2, -0.15) is 0 Å². The van der Waals surface area contributed by atoms with E-state index in [1.807, 2.05) is 0 Å². The van der Waals surface area contributed by atoms with Crippen molar-refractivity contribution in [1.29, 1.82) is 0 Å². The fourth-order valence-electron chi connectivity index (χ4n) is 3.70. The van der Waals surface area contributed by atoms with E-state index in [-0.39, 0.29) is 0 Å². The Balaban J connectivity index is 1.69. The Bertz CT molecular complexity index is 498. The van der Waals surface area contributed by atoms with Crippen LogP contribution in [0.2, 0.25) is 0 Å². The lowest BCUT2D eigenvalue weighted by molar-refractivity contribution is 0.254. The summed E-state index contributed by atoms with van der Waals surface area (Å²) in [5, 5.41) is 0. The highest BCUT2D eigenvalue weighted by Crippen LogP contribution is 2.33. The van der Waals surface area contributed by atoms with Crippen molar-refractivity contribution in [2.75, 3.05) is 37.6 Å². The molecule has 0 spiro atoms. The van der Waals surface area contributed by atoms with Crippen molar-refractivity contribution in [3.8, 4) is 0 Å². The molecule has 3 rings (SSSR count). The van der Waals surface area contributed by atoms with Crippen molar-refractivity contribution in [1.82, 2.24) is 4.90 Å². The second-order valence-electron chi connectivity index (χ2n) is 6.67. The zero-order chi connectivity index (χ0) is 15.2. The number of hydrogen-bond acceptors (Lipinski definition) is 2. The summed E-state index contributed by atoms with van der Waals surface area (Å²) in [7, 11) is 0. The van der Waals surface area contributed by atoms with Crippen LogP contribution in [0.1, 0.15) is 51.0 Å². The zero-order valence-corrected chi connectivity index (χ0v) is 14.1. The Morgan fingerprint density at radius 3 is 2.55 bits per heavy atom. The molecule has 1 saturated heterocycles. The second-order valence-corrected chi connectivity index (χ2v) is 6.67. The number of benzene rings is 1. The molecule has 2 heteroatoms. The van der Waals surface area contributed by atoms with E-state index >= 15 is 0 Å². The van der Waals surface area contributed by atoms with Gasteiger partial charge >= 0.3 is 0 Å². The average Bonchev–Trinajstić information content (AvgIpc) is 2.61. The van der Waals surface area contributed by atoms with Gasteiger partial charge < -0.3 is 4.90 Å². The maximum Gasteiger partial charge on any atom is 0.0443 e. The van der Waals surface area contributed by atoms with Crippen molar-refractivity contribution in [2.24, 2.45) is 0 Å². The molecule has 120 valence electrons. The van der Waals surface area contributed by atoms with E-state index in [1.54, 1.807) is 5.57 Å². The van der Waals surface area contributed by atoms with Crippen LogP contribution in [-0.4, -0.2) is 37.6 Å². The molecule has 2 nitrogen and oxygen atoms in total. The average molecular weight is 298 g/mol. The molecule has 1 aliphatic carbocycles. The third kappa shape index (κ3) is 3.73. The highest BCUT2D eigenvalue weighted by molar-refractivity contribution is 5.77. The molecule has 1 aromatic carbocycles. The summed E-state index contributed by atoms with van der Waals surface area (Å²) in [6, 6.07) is 9.06. The number of nitrogens with zero attached hydrogens (tertiary/aromatic N) is 2. The lowest BCUT2D eigenvalue weighted by Crippen LogP contribution is -2.46. The summed E-state index contributed by atoms with van der Waals surface area (Å²) >= 11 is 0. The van der Waals surface area contributed by atoms with Gasteiger partial charge in [0, 0.05) is 37.4 Å². The predicted octanol–water partition coefficient (Wildman–Crippen LogP) is 4.57. The van der Waals surface area contributed by atoms with Crippen molar-refractivity contribution in [3.05, 3.63) is 35.9 Å². The summed E-state index contributed by atoms with van der Waals surface area (Å²) in [6.07, 6.45) is 10.3. The maximum absolute atomic E-state index is 2.63. The number of anilines is 1. The van der Waals surface area contributed by atoms with Gasteiger partial charge in [0.1, 0.15) is 0 Å². The summed E-state index contributed by atoms with van der Waals surface area (Å²) in [6.45, 7) is 8.34. The quantitative estimate of drug-likeness (QED) is 0.786. The van der Waals surface area contributed by atoms with Gasteiger partial charge in [0.15, 0.2) is 0 Å². The number of para-hydroxylation sites is 1. The van der Waals surface area contributed by atoms with Crippen LogP contribution in [0.15, 0.2) is 30.3 Å². The van der Waals surface area contributed by atoms with Crippen LogP contribution < -0.4 is 4.90 Å². The molecule has 1 aromatic rings. The molecule has 0 N–H and O–H groups in total. The lowest BCUT2D eigenvalue weighted by Gasteiger charge is -2.37. The standard InChI is InChI=1S/C20H30N2/c1-2-3-13-21-14-16-22(17-15-21)20-12-8-7-11-19(20)18-9-5-4-6-10-18/h7-9,11-12H,2-6,10,13-17H2,1H3. The molecule has 0 amide bonds. The normalized spacial score (nSPS) is 20.0. The highest BCUT2D eigenvalue weighted by atomic mass is 15.3. The maximum atomic E-state index is 2.63. The van der Waals surface area contributed by atoms with E-state index in [9.17, 15) is 0 Å². The number of rotatable bonds is 5. The fraction of sp³-hybridized carbons (Fsp3) is 0.600. The van der Waals surface area contributed by atoms with Gasteiger partial charge in [-0.1, -0.05) is 37.6 Å². The van der Waals surface area contributed by atoms with Gasteiger partial charge in [0.25, 0.3) is 0 Å². The molecule has 0 atom stereocenters. The monoisotopic (exact) mass is 298 g/mol. The number of hydrogen-bond donors (Lipinski definition) is 0. The first-order valence-electron chi connectivity index (χ1n) is 9.14. The van der Waals surface area contributed by atoms with E-state index in [0.717, 1.165) is 0 Å². The second kappa shape index (κ2) is 7.82. The molecule has 0 aromatic heterocycles. The third-order valence-corrected chi connectivity index (χ3v) is 5.08. The first-order chi connectivity index (χ1) is 10.9. The largest absolute Gasteiger partial charge is 0.368 e. The van der Waals surface area contributed by atoms with Gasteiger partial charge in [-0.05, 0) is 50.3 Å². The SMILES string of the molecule is CCCCN1CCN(c2ccccc2C2=CCCCC2)CC1. The predicted molar refractivity (Wildman–Crippen MR) is 96.4 cm³/mol. The Hall–Kier alpha value is -1.28. The molecule has 1 heterocycles. The minimum Gasteiger partial charge on any atom is -0.368 e. The first-order valence-corrected chi connectivity index (χ1v) is 9.14. The van der Waals surface area contributed by atoms with E-state index in [2.05, 4.69) is 47.1 Å². The Morgan fingerprint density at radius 2 is 1.82 bits per heavy atom. The lowest BCUT2D eigenvalue weighted by atomic mass is 9.92. The molecule has 0 unspecified atom stereocenters. The smallest absolute Gasteiger partial charge is 0.0443 e. The summed E-state index contributed by atoms with van der Waals surface area (Å²) < 4.78 is 0. The van der Waals surface area contributed by atoms with Crippen molar-refractivity contribution in [3.63, 3.8) is 0 Å². The molecule has 1 fully saturated rings. The molecular formula is C20H30N2. The summed E-state index contributed by atoms with van der Waals surface area (Å²) in [5.74, 6) is 0. The van der Waals surface area contributed by atoms with Gasteiger partial charge in [-0.3, -0.25) is 4.90 Å². The molecule has 0 saturated carbocycles. The van der Waals surface area contributed by atoms with Crippen LogP contribution in [0.5, 0.6) is 0 Å². The van der Waals surface area contributed by atoms with Crippen molar-refractivity contribution in [2.45, 2.75) is 45.4 Å². The molecule has 22 heavy (non-hydrogen) atoms. The van der Waals surface area contributed by atoms with Crippen LogP contribution >= 0.6 is 0 Å². The van der Waals surface area contributed by atoms with Gasteiger partial charge in [0.05, 0.1) is 0 Å². The van der Waals surface area contributed by atoms with Crippen LogP contribution in [0.3, 0.4) is 0 Å². The molecule has 1 aliphatic heterocycles. The minimum atomic E-state index is 1.17. The summed E-state index contributed by atoms with van der Waals surface area (Å²) in [5.41, 5.74) is 4.53. The topological polar surface area (TPSA) is 6.48 Å². The number of piperazine rings is 1. The molecular weight excluding hydrogens is 268 g/mol. The van der Waals surface area contributed by atoms with Crippen LogP contribution in [0.4, 0.5) is 5.69 Å². The minimum absolute atomic E-state index is 1.17. The van der Waals surface area contributed by atoms with Gasteiger partial charge in [0.2, 0.25) is 0 Å². The Kier molecular flexibility index (Phi) is 5.55. The van der Waals surface area contributed by atoms with Crippen LogP contribution in [0.25, 0.3) is 5.57 Å². The zero-order valence-electron chi connectivity index (χ0n) is 14.1. The van der Waals surface area contributed by atoms with E-state index in [0.29, 0.717) is 0 Å². The van der Waals surface area contributed by atoms with E-state index in [1.165, 1.54) is 82.5 Å². The number of allylic oxidation sites excluding steroid dienone is 2. The Labute approximate surface area is 135 Å². The highest BCUT2D eigenvalue weighted by Gasteiger charge is 2.20. The van der Waals surface area contributed by atoms with Crippen molar-refractivity contribution < 1.29 is 0 Å². The number of unbranched alkanes of at least 4 members (excludes halogenated alkanes) is 1. The fourth-order valence-corrected chi connectivity index (χ4v) is 3.70. The van der Waals surface area contributed by atoms with Gasteiger partial charge in [-0.15, -0.1) is 0 Å². The van der Waals surface area contributed by atoms with E-state index < -0.39 is 0 Å². The van der Waals surface area contributed by atoms with Crippen LogP contribution in [-0.2, 0) is 0 Å². The molecule has 0 radical (unpaired) electrons. The van der Waals surface area contributed by atoms with Crippen molar-refractivity contribution >= 4 is 11.3 Å². The van der Waals surface area contributed by atoms with Crippen LogP contribution in [0, 0.1) is 0 Å². The molecule has 0 bridgehead atoms. The summed E-state index contributed by atoms with van der Waals surface area (Å²) in [4.78, 5) is 5.23. The van der Waals surface area contributed by atoms with Gasteiger partial charge in [-0.25, -0.2) is 0 Å². The van der Waals surface area contributed by atoms with E-state index in [4.69, 9.17) is 0 Å². The molecule has 2 aliphatic rings. The third-order valence-electron chi connectivity index (χ3n) is 5.08. The first kappa shape index (κ1) is 15.6. The Morgan fingerprint density at radius 1 is 1.00 bits per heavy atom.